The molecule has 2 amide bonds. The Hall–Kier alpha value is -3.19. The van der Waals surface area contributed by atoms with Crippen molar-refractivity contribution in [1.29, 1.82) is 0 Å². The molecule has 24 heavy (non-hydrogen) atoms. The van der Waals surface area contributed by atoms with Crippen LogP contribution < -0.4 is 15.8 Å². The van der Waals surface area contributed by atoms with Gasteiger partial charge in [-0.3, -0.25) is 14.9 Å². The molecule has 6 nitrogen and oxygen atoms in total. The van der Waals surface area contributed by atoms with Crippen molar-refractivity contribution in [3.63, 3.8) is 0 Å². The number of thiazole rings is 1. The number of benzene rings is 2. The van der Waals surface area contributed by atoms with Gasteiger partial charge in [-0.15, -0.1) is 0 Å². The fourth-order valence-electron chi connectivity index (χ4n) is 1.94. The Morgan fingerprint density at radius 2 is 1.79 bits per heavy atom. The van der Waals surface area contributed by atoms with Gasteiger partial charge >= 0.3 is 0 Å². The predicted molar refractivity (Wildman–Crippen MR) is 91.5 cm³/mol. The van der Waals surface area contributed by atoms with E-state index in [1.807, 2.05) is 30.3 Å². The maximum Gasteiger partial charge on any atom is 0.260 e. The summed E-state index contributed by atoms with van der Waals surface area (Å²) >= 11 is 1.02. The highest BCUT2D eigenvalue weighted by Crippen LogP contribution is 2.23. The second kappa shape index (κ2) is 6.93. The Morgan fingerprint density at radius 3 is 2.50 bits per heavy atom. The van der Waals surface area contributed by atoms with Gasteiger partial charge in [0.05, 0.1) is 6.20 Å². The lowest BCUT2D eigenvalue weighted by atomic mass is 10.2. The fraction of sp³-hybridized carbons (Fsp3) is 0. The highest BCUT2D eigenvalue weighted by atomic mass is 32.1. The zero-order valence-electron chi connectivity index (χ0n) is 12.4. The number of carbonyl (C=O) groups excluding carboxylic acids is 2. The molecule has 0 aliphatic carbocycles. The molecule has 0 spiro atoms. The molecule has 0 saturated carbocycles. The highest BCUT2D eigenvalue weighted by Gasteiger charge is 2.12. The van der Waals surface area contributed by atoms with Gasteiger partial charge in [-0.25, -0.2) is 4.98 Å². The van der Waals surface area contributed by atoms with Crippen molar-refractivity contribution in [2.75, 3.05) is 5.32 Å². The molecule has 1 heterocycles. The standard InChI is InChI=1S/C17H13N3O3S/c18-15(21)14-10-19-17(24-14)20-16(22)11-5-4-8-13(9-11)23-12-6-2-1-3-7-12/h1-10H,(H2,18,21)(H,19,20,22). The predicted octanol–water partition coefficient (Wildman–Crippen LogP) is 3.29. The number of nitrogens with one attached hydrogen (secondary N) is 1. The first-order valence-corrected chi connectivity index (χ1v) is 7.83. The van der Waals surface area contributed by atoms with Gasteiger partial charge in [0.15, 0.2) is 5.13 Å². The number of rotatable bonds is 5. The van der Waals surface area contributed by atoms with Crippen LogP contribution in [0.4, 0.5) is 5.13 Å². The van der Waals surface area contributed by atoms with E-state index in [1.165, 1.54) is 6.20 Å². The van der Waals surface area contributed by atoms with Gasteiger partial charge < -0.3 is 10.5 Å². The van der Waals surface area contributed by atoms with Crippen LogP contribution in [0.25, 0.3) is 0 Å². The van der Waals surface area contributed by atoms with Crippen LogP contribution in [0.15, 0.2) is 60.8 Å². The van der Waals surface area contributed by atoms with E-state index in [1.54, 1.807) is 24.3 Å². The quantitative estimate of drug-likeness (QED) is 0.746. The van der Waals surface area contributed by atoms with E-state index in [4.69, 9.17) is 10.5 Å². The molecule has 1 aromatic heterocycles. The summed E-state index contributed by atoms with van der Waals surface area (Å²) in [4.78, 5) is 27.6. The Bertz CT molecular complexity index is 878. The summed E-state index contributed by atoms with van der Waals surface area (Å²) in [5.41, 5.74) is 5.58. The number of primary amides is 1. The summed E-state index contributed by atoms with van der Waals surface area (Å²) in [5, 5.41) is 2.94. The third-order valence-electron chi connectivity index (χ3n) is 3.04. The molecule has 0 aliphatic rings. The van der Waals surface area contributed by atoms with Gasteiger partial charge in [0.1, 0.15) is 16.4 Å². The average molecular weight is 339 g/mol. The van der Waals surface area contributed by atoms with Gasteiger partial charge in [-0.05, 0) is 30.3 Å². The molecule has 3 N–H and O–H groups in total. The number of carbonyl (C=O) groups is 2. The molecule has 0 atom stereocenters. The van der Waals surface area contributed by atoms with E-state index in [2.05, 4.69) is 10.3 Å². The maximum atomic E-state index is 12.3. The molecule has 7 heteroatoms. The molecule has 0 unspecified atom stereocenters. The van der Waals surface area contributed by atoms with Crippen molar-refractivity contribution < 1.29 is 14.3 Å². The second-order valence-electron chi connectivity index (χ2n) is 4.79. The molecule has 0 aliphatic heterocycles. The van der Waals surface area contributed by atoms with Crippen molar-refractivity contribution in [1.82, 2.24) is 4.98 Å². The van der Waals surface area contributed by atoms with E-state index in [-0.39, 0.29) is 10.8 Å². The Labute approximate surface area is 141 Å². The van der Waals surface area contributed by atoms with Gasteiger partial charge in [0.25, 0.3) is 11.8 Å². The van der Waals surface area contributed by atoms with Gasteiger partial charge in [0, 0.05) is 5.56 Å². The lowest BCUT2D eigenvalue weighted by Crippen LogP contribution is -2.11. The highest BCUT2D eigenvalue weighted by molar-refractivity contribution is 7.17. The third-order valence-corrected chi connectivity index (χ3v) is 3.97. The number of nitrogens with two attached hydrogens (primary N) is 1. The number of nitrogens with zero attached hydrogens (tertiary/aromatic N) is 1. The minimum absolute atomic E-state index is 0.284. The SMILES string of the molecule is NC(=O)c1cnc(NC(=O)c2cccc(Oc3ccccc3)c2)s1. The summed E-state index contributed by atoms with van der Waals surface area (Å²) in [6.45, 7) is 0. The summed E-state index contributed by atoms with van der Waals surface area (Å²) in [6.07, 6.45) is 1.33. The van der Waals surface area contributed by atoms with E-state index in [9.17, 15) is 9.59 Å². The number of aromatic nitrogens is 1. The number of hydrogen-bond donors (Lipinski definition) is 2. The molecule has 3 rings (SSSR count). The van der Waals surface area contributed by atoms with E-state index in [0.717, 1.165) is 11.3 Å². The molecule has 0 radical (unpaired) electrons. The largest absolute Gasteiger partial charge is 0.457 e. The molecule has 2 aromatic carbocycles. The zero-order chi connectivity index (χ0) is 16.9. The first-order valence-electron chi connectivity index (χ1n) is 7.02. The fourth-order valence-corrected chi connectivity index (χ4v) is 2.60. The van der Waals surface area contributed by atoms with Crippen LogP contribution in [0, 0.1) is 0 Å². The molecular formula is C17H13N3O3S. The molecule has 3 aromatic rings. The van der Waals surface area contributed by atoms with Crippen LogP contribution in [0.1, 0.15) is 20.0 Å². The van der Waals surface area contributed by atoms with Crippen LogP contribution in [0.3, 0.4) is 0 Å². The molecule has 0 saturated heterocycles. The average Bonchev–Trinajstić information content (AvgIpc) is 3.05. The maximum absolute atomic E-state index is 12.3. The van der Waals surface area contributed by atoms with Crippen LogP contribution in [0.2, 0.25) is 0 Å². The first kappa shape index (κ1) is 15.7. The molecule has 0 bridgehead atoms. The van der Waals surface area contributed by atoms with Crippen LogP contribution in [0.5, 0.6) is 11.5 Å². The number of para-hydroxylation sites is 1. The number of anilines is 1. The Balaban J connectivity index is 1.73. The van der Waals surface area contributed by atoms with Crippen LogP contribution >= 0.6 is 11.3 Å². The normalized spacial score (nSPS) is 10.2. The monoisotopic (exact) mass is 339 g/mol. The summed E-state index contributed by atoms with van der Waals surface area (Å²) in [5.74, 6) is 0.303. The minimum atomic E-state index is -0.578. The lowest BCUT2D eigenvalue weighted by molar-refractivity contribution is 0.100. The Morgan fingerprint density at radius 1 is 1.04 bits per heavy atom. The number of amides is 2. The smallest absolute Gasteiger partial charge is 0.260 e. The van der Waals surface area contributed by atoms with Crippen LogP contribution in [-0.2, 0) is 0 Å². The van der Waals surface area contributed by atoms with Crippen molar-refractivity contribution in [3.8, 4) is 11.5 Å². The minimum Gasteiger partial charge on any atom is -0.457 e. The third kappa shape index (κ3) is 3.76. The van der Waals surface area contributed by atoms with Crippen molar-refractivity contribution in [3.05, 3.63) is 71.2 Å². The van der Waals surface area contributed by atoms with Gasteiger partial charge in [-0.2, -0.15) is 0 Å². The molecule has 0 fully saturated rings. The Kier molecular flexibility index (Phi) is 4.53. The van der Waals surface area contributed by atoms with Crippen molar-refractivity contribution in [2.24, 2.45) is 5.73 Å². The molecule has 120 valence electrons. The van der Waals surface area contributed by atoms with Crippen LogP contribution in [-0.4, -0.2) is 16.8 Å². The van der Waals surface area contributed by atoms with Gasteiger partial charge in [0.2, 0.25) is 0 Å². The van der Waals surface area contributed by atoms with Gasteiger partial charge in [-0.1, -0.05) is 35.6 Å². The lowest BCUT2D eigenvalue weighted by Gasteiger charge is -2.07. The number of hydrogen-bond acceptors (Lipinski definition) is 5. The van der Waals surface area contributed by atoms with E-state index < -0.39 is 5.91 Å². The number of ether oxygens (including phenoxy) is 1. The summed E-state index contributed by atoms with van der Waals surface area (Å²) in [7, 11) is 0. The van der Waals surface area contributed by atoms with Crippen molar-refractivity contribution >= 4 is 28.3 Å². The van der Waals surface area contributed by atoms with Crippen molar-refractivity contribution in [2.45, 2.75) is 0 Å². The zero-order valence-corrected chi connectivity index (χ0v) is 13.2. The second-order valence-corrected chi connectivity index (χ2v) is 5.82. The topological polar surface area (TPSA) is 94.3 Å². The van der Waals surface area contributed by atoms with E-state index >= 15 is 0 Å². The van der Waals surface area contributed by atoms with E-state index in [0.29, 0.717) is 22.2 Å². The molecular weight excluding hydrogens is 326 g/mol. The first-order chi connectivity index (χ1) is 11.6. The summed E-state index contributed by atoms with van der Waals surface area (Å²) in [6, 6.07) is 16.1. The summed E-state index contributed by atoms with van der Waals surface area (Å²) < 4.78 is 5.70.